The smallest absolute Gasteiger partial charge is 0.407 e. The summed E-state index contributed by atoms with van der Waals surface area (Å²) in [5, 5.41) is 17.3. The molecule has 204 valence electrons. The summed E-state index contributed by atoms with van der Waals surface area (Å²) < 4.78 is 43.8. The van der Waals surface area contributed by atoms with Gasteiger partial charge in [0.25, 0.3) is 17.5 Å². The molecule has 0 radical (unpaired) electrons. The molecular weight excluding hydrogens is 503 g/mol. The SMILES string of the molecule is CC(Nc1nn(C)c(=O)c2cc(=O)n(C3(C)CN(C(=O)O)C3C(C)(C)C)cc12)c1cccc(C(F)F)c1F. The van der Waals surface area contributed by atoms with Crippen LogP contribution < -0.4 is 16.4 Å². The van der Waals surface area contributed by atoms with E-state index in [1.54, 1.807) is 13.8 Å². The molecule has 1 aliphatic rings. The average molecular weight is 534 g/mol. The first-order valence-corrected chi connectivity index (χ1v) is 12.0. The van der Waals surface area contributed by atoms with Gasteiger partial charge in [-0.3, -0.25) is 14.5 Å². The molecule has 1 fully saturated rings. The van der Waals surface area contributed by atoms with Crippen molar-refractivity contribution in [2.24, 2.45) is 12.5 Å². The number of nitrogens with zero attached hydrogens (tertiary/aromatic N) is 4. The summed E-state index contributed by atoms with van der Waals surface area (Å²) in [5.74, 6) is -0.909. The molecule has 0 spiro atoms. The number of hydrogen-bond donors (Lipinski definition) is 2. The Bertz CT molecular complexity index is 1540. The van der Waals surface area contributed by atoms with Crippen LogP contribution in [-0.4, -0.2) is 43.0 Å². The van der Waals surface area contributed by atoms with Crippen LogP contribution >= 0.6 is 0 Å². The number of rotatable bonds is 5. The molecule has 3 unspecified atom stereocenters. The molecule has 0 aliphatic carbocycles. The van der Waals surface area contributed by atoms with Crippen molar-refractivity contribution < 1.29 is 23.1 Å². The molecule has 3 atom stereocenters. The number of benzene rings is 1. The number of anilines is 1. The fourth-order valence-electron chi connectivity index (χ4n) is 5.71. The summed E-state index contributed by atoms with van der Waals surface area (Å²) in [6.45, 7) is 9.04. The minimum absolute atomic E-state index is 0.0178. The number of alkyl halides is 2. The van der Waals surface area contributed by atoms with E-state index in [2.05, 4.69) is 10.4 Å². The van der Waals surface area contributed by atoms with Gasteiger partial charge < -0.3 is 15.0 Å². The van der Waals surface area contributed by atoms with Crippen LogP contribution in [0.4, 0.5) is 23.8 Å². The Kier molecular flexibility index (Phi) is 6.57. The van der Waals surface area contributed by atoms with Gasteiger partial charge in [-0.05, 0) is 19.3 Å². The molecule has 1 aliphatic heterocycles. The second-order valence-corrected chi connectivity index (χ2v) is 11.0. The van der Waals surface area contributed by atoms with E-state index in [0.29, 0.717) is 0 Å². The number of likely N-dealkylation sites (tertiary alicyclic amines) is 1. The number of carbonyl (C=O) groups is 1. The van der Waals surface area contributed by atoms with E-state index in [1.165, 1.54) is 40.9 Å². The molecule has 38 heavy (non-hydrogen) atoms. The van der Waals surface area contributed by atoms with Crippen molar-refractivity contribution in [1.82, 2.24) is 19.2 Å². The second-order valence-electron chi connectivity index (χ2n) is 11.0. The average Bonchev–Trinajstić information content (AvgIpc) is 2.78. The van der Waals surface area contributed by atoms with E-state index in [9.17, 15) is 32.7 Å². The number of aromatic nitrogens is 3. The fraction of sp³-hybridized carbons (Fsp3) is 0.462. The van der Waals surface area contributed by atoms with Crippen LogP contribution in [0.25, 0.3) is 10.8 Å². The van der Waals surface area contributed by atoms with E-state index in [-0.39, 0.29) is 28.7 Å². The van der Waals surface area contributed by atoms with Crippen LogP contribution in [0.15, 0.2) is 40.1 Å². The fourth-order valence-corrected chi connectivity index (χ4v) is 5.71. The molecule has 9 nitrogen and oxygen atoms in total. The molecule has 1 saturated heterocycles. The van der Waals surface area contributed by atoms with Gasteiger partial charge in [0.2, 0.25) is 0 Å². The van der Waals surface area contributed by atoms with E-state index in [4.69, 9.17) is 0 Å². The quantitative estimate of drug-likeness (QED) is 0.501. The predicted molar refractivity (Wildman–Crippen MR) is 136 cm³/mol. The van der Waals surface area contributed by atoms with Crippen LogP contribution in [0.1, 0.15) is 58.2 Å². The third-order valence-corrected chi connectivity index (χ3v) is 7.20. The topological polar surface area (TPSA) is 109 Å². The third-order valence-electron chi connectivity index (χ3n) is 7.20. The number of pyridine rings is 1. The van der Waals surface area contributed by atoms with Gasteiger partial charge in [0.15, 0.2) is 5.82 Å². The second kappa shape index (κ2) is 9.17. The number of nitrogens with one attached hydrogen (secondary N) is 1. The summed E-state index contributed by atoms with van der Waals surface area (Å²) in [6.07, 6.45) is -2.63. The van der Waals surface area contributed by atoms with Crippen molar-refractivity contribution in [1.29, 1.82) is 0 Å². The van der Waals surface area contributed by atoms with Crippen molar-refractivity contribution >= 4 is 22.7 Å². The monoisotopic (exact) mass is 533 g/mol. The van der Waals surface area contributed by atoms with Crippen molar-refractivity contribution in [3.8, 4) is 0 Å². The standard InChI is InChI=1S/C26H30F3N5O4/c1-13(14-8-7-9-15(19(14)27)20(28)29)30-21-17-11-34(18(35)10-16(17)22(36)32(6)31-21)26(5)12-33(24(37)38)23(26)25(2,3)4/h7-11,13,20,23H,12H2,1-6H3,(H,30,31)(H,37,38). The van der Waals surface area contributed by atoms with E-state index in [0.717, 1.165) is 10.7 Å². The summed E-state index contributed by atoms with van der Waals surface area (Å²) >= 11 is 0. The molecule has 1 aromatic carbocycles. The number of halogens is 3. The van der Waals surface area contributed by atoms with E-state index >= 15 is 0 Å². The van der Waals surface area contributed by atoms with Gasteiger partial charge in [0, 0.05) is 36.8 Å². The lowest BCUT2D eigenvalue weighted by molar-refractivity contribution is -0.0878. The summed E-state index contributed by atoms with van der Waals surface area (Å²) in [4.78, 5) is 39.3. The Balaban J connectivity index is 1.86. The van der Waals surface area contributed by atoms with Crippen molar-refractivity contribution in [3.05, 3.63) is 68.1 Å². The van der Waals surface area contributed by atoms with Gasteiger partial charge in [-0.1, -0.05) is 39.0 Å². The van der Waals surface area contributed by atoms with E-state index in [1.807, 2.05) is 20.8 Å². The number of carboxylic acid groups (broad SMARTS) is 1. The summed E-state index contributed by atoms with van der Waals surface area (Å²) in [7, 11) is 1.40. The molecule has 3 heterocycles. The maximum atomic E-state index is 14.8. The Morgan fingerprint density at radius 3 is 2.42 bits per heavy atom. The zero-order chi connectivity index (χ0) is 28.3. The van der Waals surface area contributed by atoms with Gasteiger partial charge >= 0.3 is 6.09 Å². The predicted octanol–water partition coefficient (Wildman–Crippen LogP) is 4.47. The first kappa shape index (κ1) is 27.2. The Labute approximate surface area is 216 Å². The molecule has 4 rings (SSSR count). The lowest BCUT2D eigenvalue weighted by Crippen LogP contribution is -2.75. The van der Waals surface area contributed by atoms with Gasteiger partial charge in [0.05, 0.1) is 28.6 Å². The van der Waals surface area contributed by atoms with Crippen molar-refractivity contribution in [2.45, 2.75) is 58.7 Å². The molecule has 12 heteroatoms. The van der Waals surface area contributed by atoms with Gasteiger partial charge in [-0.15, -0.1) is 0 Å². The van der Waals surface area contributed by atoms with Gasteiger partial charge in [-0.25, -0.2) is 22.6 Å². The molecule has 0 saturated carbocycles. The van der Waals surface area contributed by atoms with Crippen LogP contribution in [-0.2, 0) is 12.6 Å². The largest absolute Gasteiger partial charge is 0.465 e. The zero-order valence-electron chi connectivity index (χ0n) is 21.9. The normalized spacial score (nSPS) is 20.5. The highest BCUT2D eigenvalue weighted by Gasteiger charge is 2.58. The highest BCUT2D eigenvalue weighted by Crippen LogP contribution is 2.45. The first-order chi connectivity index (χ1) is 17.6. The Morgan fingerprint density at radius 1 is 1.21 bits per heavy atom. The number of hydrogen-bond acceptors (Lipinski definition) is 5. The molecule has 2 aromatic heterocycles. The molecule has 1 amide bonds. The third kappa shape index (κ3) is 4.31. The minimum atomic E-state index is -2.99. The molecule has 2 N–H and O–H groups in total. The lowest BCUT2D eigenvalue weighted by atomic mass is 9.67. The minimum Gasteiger partial charge on any atom is -0.465 e. The van der Waals surface area contributed by atoms with Crippen LogP contribution in [0.2, 0.25) is 0 Å². The highest BCUT2D eigenvalue weighted by molar-refractivity contribution is 5.90. The summed E-state index contributed by atoms with van der Waals surface area (Å²) in [6, 6.07) is 3.53. The van der Waals surface area contributed by atoms with Crippen molar-refractivity contribution in [3.63, 3.8) is 0 Å². The van der Waals surface area contributed by atoms with Crippen LogP contribution in [0.3, 0.4) is 0 Å². The van der Waals surface area contributed by atoms with Gasteiger partial charge in [0.1, 0.15) is 5.82 Å². The molecule has 3 aromatic rings. The number of amides is 1. The summed E-state index contributed by atoms with van der Waals surface area (Å²) in [5.41, 5.74) is -3.21. The molecule has 0 bridgehead atoms. The maximum Gasteiger partial charge on any atom is 0.407 e. The van der Waals surface area contributed by atoms with Crippen molar-refractivity contribution in [2.75, 3.05) is 11.9 Å². The van der Waals surface area contributed by atoms with E-state index < -0.39 is 58.1 Å². The van der Waals surface area contributed by atoms with Crippen LogP contribution in [0, 0.1) is 11.2 Å². The number of fused-ring (bicyclic) bond motifs is 1. The lowest BCUT2D eigenvalue weighted by Gasteiger charge is -2.60. The zero-order valence-corrected chi connectivity index (χ0v) is 21.9. The Morgan fingerprint density at radius 2 is 1.84 bits per heavy atom. The number of aryl methyl sites for hydroxylation is 1. The first-order valence-electron chi connectivity index (χ1n) is 12.0. The molecular formula is C26H30F3N5O4. The highest BCUT2D eigenvalue weighted by atomic mass is 19.3. The maximum absolute atomic E-state index is 14.8. The van der Waals surface area contributed by atoms with Gasteiger partial charge in [-0.2, -0.15) is 5.10 Å². The van der Waals surface area contributed by atoms with Crippen LogP contribution in [0.5, 0.6) is 0 Å². The Hall–Kier alpha value is -3.83.